The number of methoxy groups -OCH3 is 1. The van der Waals surface area contributed by atoms with Crippen LogP contribution in [-0.4, -0.2) is 17.9 Å². The number of nitrogens with zero attached hydrogens (tertiary/aromatic N) is 2. The number of pyridine rings is 1. The molecule has 1 N–H and O–H groups in total. The summed E-state index contributed by atoms with van der Waals surface area (Å²) in [5, 5.41) is 3.21. The fraction of sp³-hybridized carbons (Fsp3) is 0.391. The molecule has 32 heavy (non-hydrogen) atoms. The smallest absolute Gasteiger partial charge is 0.324 e. The molecule has 1 aromatic carbocycles. The largest absolute Gasteiger partial charge is 0.480 e. The lowest BCUT2D eigenvalue weighted by Gasteiger charge is -2.22. The van der Waals surface area contributed by atoms with Gasteiger partial charge >= 0.3 is 3.93 Å². The van der Waals surface area contributed by atoms with Crippen molar-refractivity contribution in [2.75, 3.05) is 7.11 Å². The van der Waals surface area contributed by atoms with Gasteiger partial charge in [0, 0.05) is 39.4 Å². The molecule has 0 aliphatic heterocycles. The van der Waals surface area contributed by atoms with Crippen molar-refractivity contribution >= 4 is 44.4 Å². The van der Waals surface area contributed by atoms with Crippen molar-refractivity contribution in [3.63, 3.8) is 0 Å². The van der Waals surface area contributed by atoms with Crippen LogP contribution >= 0.6 is 38.5 Å². The van der Waals surface area contributed by atoms with Gasteiger partial charge in [0.05, 0.1) is 28.9 Å². The zero-order valence-corrected chi connectivity index (χ0v) is 22.5. The number of alkyl halides is 3. The molecule has 1 atom stereocenters. The van der Waals surface area contributed by atoms with Gasteiger partial charge in [-0.3, -0.25) is 0 Å². The first kappa shape index (κ1) is 26.6. The van der Waals surface area contributed by atoms with E-state index in [2.05, 4.69) is 26.2 Å². The molecule has 4 nitrogen and oxygen atoms in total. The molecule has 9 heteroatoms. The third-order valence-electron chi connectivity index (χ3n) is 5.16. The van der Waals surface area contributed by atoms with E-state index >= 15 is 0 Å². The highest BCUT2D eigenvalue weighted by Crippen LogP contribution is 2.38. The summed E-state index contributed by atoms with van der Waals surface area (Å²) >= 11 is 4.38. The molecule has 1 heterocycles. The van der Waals surface area contributed by atoms with E-state index in [1.54, 1.807) is 6.92 Å². The number of amidine groups is 1. The predicted octanol–water partition coefficient (Wildman–Crippen LogP) is 7.59. The van der Waals surface area contributed by atoms with E-state index in [0.29, 0.717) is 27.4 Å². The van der Waals surface area contributed by atoms with Gasteiger partial charge < -0.3 is 10.1 Å². The van der Waals surface area contributed by atoms with Gasteiger partial charge in [0.15, 0.2) is 0 Å². The van der Waals surface area contributed by atoms with Crippen LogP contribution in [0.4, 0.5) is 13.2 Å². The summed E-state index contributed by atoms with van der Waals surface area (Å²) in [6.45, 7) is 9.43. The molecule has 0 aliphatic carbocycles. The van der Waals surface area contributed by atoms with Crippen molar-refractivity contribution in [1.29, 1.82) is 0 Å². The van der Waals surface area contributed by atoms with E-state index in [1.807, 2.05) is 33.8 Å². The molecule has 0 saturated carbocycles. The minimum Gasteiger partial charge on any atom is -0.480 e. The lowest BCUT2D eigenvalue weighted by Crippen LogP contribution is -2.30. The van der Waals surface area contributed by atoms with E-state index in [0.717, 1.165) is 46.3 Å². The van der Waals surface area contributed by atoms with Crippen LogP contribution < -0.4 is 10.1 Å². The highest BCUT2D eigenvalue weighted by molar-refractivity contribution is 14.1. The Morgan fingerprint density at radius 1 is 1.34 bits per heavy atom. The van der Waals surface area contributed by atoms with Crippen LogP contribution in [0.3, 0.4) is 0 Å². The lowest BCUT2D eigenvalue weighted by atomic mass is 10.0. The van der Waals surface area contributed by atoms with Gasteiger partial charge in [-0.1, -0.05) is 24.6 Å². The fourth-order valence-corrected chi connectivity index (χ4v) is 3.91. The first-order chi connectivity index (χ1) is 14.9. The maximum atomic E-state index is 14.9. The Labute approximate surface area is 209 Å². The van der Waals surface area contributed by atoms with Crippen LogP contribution in [0.2, 0.25) is 0 Å². The normalized spacial score (nSPS) is 14.2. The SMILES string of the molecule is CC/C(C)=C(C)/N=C(/N[C@H](C)c1cccc(C(F)(F)I)c1F)c1cc(Br)c(OC)nc1C. The molecule has 0 spiro atoms. The number of nitrogens with one attached hydrogen (secondary N) is 1. The summed E-state index contributed by atoms with van der Waals surface area (Å²) in [6, 6.07) is 5.20. The standard InChI is InChI=1S/C23H26BrF3IN3O/c1-7-12(2)13(3)29-21(17-11-19(24)22(32-6)31-15(17)5)30-14(4)16-9-8-10-18(20(16)25)23(26,27)28/h8-11,14H,7H2,1-6H3,(H,29,30)/b13-12+/t14-/m1/s1. The molecular weight excluding hydrogens is 598 g/mol. The molecule has 0 unspecified atom stereocenters. The predicted molar refractivity (Wildman–Crippen MR) is 134 cm³/mol. The van der Waals surface area contributed by atoms with Crippen molar-refractivity contribution < 1.29 is 17.9 Å². The number of aromatic nitrogens is 1. The summed E-state index contributed by atoms with van der Waals surface area (Å²) in [7, 11) is 1.53. The minimum absolute atomic E-state index is 0.124. The Morgan fingerprint density at radius 2 is 2.00 bits per heavy atom. The average molecular weight is 624 g/mol. The van der Waals surface area contributed by atoms with Gasteiger partial charge in [-0.15, -0.1) is 0 Å². The summed E-state index contributed by atoms with van der Waals surface area (Å²) < 4.78 is 45.2. The van der Waals surface area contributed by atoms with Gasteiger partial charge in [0.1, 0.15) is 11.7 Å². The minimum atomic E-state index is -3.31. The van der Waals surface area contributed by atoms with Crippen LogP contribution in [0, 0.1) is 12.7 Å². The van der Waals surface area contributed by atoms with Crippen molar-refractivity contribution in [2.24, 2.45) is 4.99 Å². The van der Waals surface area contributed by atoms with Crippen LogP contribution in [0.15, 0.2) is 45.0 Å². The molecule has 0 aliphatic rings. The number of halogens is 5. The summed E-state index contributed by atoms with van der Waals surface area (Å²) in [6.07, 6.45) is 0.823. The quantitative estimate of drug-likeness (QED) is 0.150. The third kappa shape index (κ3) is 6.24. The molecule has 174 valence electrons. The Hall–Kier alpha value is -1.62. The van der Waals surface area contributed by atoms with Crippen molar-refractivity contribution in [1.82, 2.24) is 10.3 Å². The molecule has 2 rings (SSSR count). The average Bonchev–Trinajstić information content (AvgIpc) is 2.72. The van der Waals surface area contributed by atoms with E-state index in [9.17, 15) is 13.2 Å². The molecular formula is C23H26BrF3IN3O. The zero-order chi connectivity index (χ0) is 24.2. The Balaban J connectivity index is 2.59. The third-order valence-corrected chi connectivity index (χ3v) is 6.31. The monoisotopic (exact) mass is 623 g/mol. The van der Waals surface area contributed by atoms with Crippen molar-refractivity contribution in [2.45, 2.75) is 51.0 Å². The van der Waals surface area contributed by atoms with E-state index in [1.165, 1.54) is 19.2 Å². The molecule has 1 aromatic heterocycles. The molecule has 2 aromatic rings. The number of benzene rings is 1. The van der Waals surface area contributed by atoms with Gasteiger partial charge in [-0.05, 0) is 62.2 Å². The first-order valence-corrected chi connectivity index (χ1v) is 11.9. The molecule has 0 amide bonds. The highest BCUT2D eigenvalue weighted by Gasteiger charge is 2.32. The fourth-order valence-electron chi connectivity index (χ4n) is 3.02. The second-order valence-corrected chi connectivity index (χ2v) is 9.57. The Morgan fingerprint density at radius 3 is 2.56 bits per heavy atom. The van der Waals surface area contributed by atoms with E-state index < -0.39 is 21.4 Å². The van der Waals surface area contributed by atoms with Gasteiger partial charge in [-0.25, -0.2) is 14.4 Å². The molecule has 0 fully saturated rings. The molecule has 0 saturated heterocycles. The number of aryl methyl sites for hydroxylation is 1. The summed E-state index contributed by atoms with van der Waals surface area (Å²) in [5.41, 5.74) is 2.71. The summed E-state index contributed by atoms with van der Waals surface area (Å²) in [4.78, 5) is 9.20. The maximum absolute atomic E-state index is 14.9. The molecule has 0 radical (unpaired) electrons. The van der Waals surface area contributed by atoms with Crippen LogP contribution in [0.25, 0.3) is 0 Å². The topological polar surface area (TPSA) is 46.5 Å². The van der Waals surface area contributed by atoms with Gasteiger partial charge in [0.25, 0.3) is 0 Å². The van der Waals surface area contributed by atoms with Crippen molar-refractivity contribution in [3.05, 3.63) is 68.2 Å². The Kier molecular flexibility index (Phi) is 9.15. The van der Waals surface area contributed by atoms with Crippen LogP contribution in [-0.2, 0) is 3.93 Å². The number of allylic oxidation sites excluding steroid dienone is 2. The van der Waals surface area contributed by atoms with Crippen LogP contribution in [0.5, 0.6) is 5.88 Å². The second kappa shape index (κ2) is 11.0. The highest BCUT2D eigenvalue weighted by atomic mass is 127. The van der Waals surface area contributed by atoms with Gasteiger partial charge in [0.2, 0.25) is 5.88 Å². The second-order valence-electron chi connectivity index (χ2n) is 7.36. The number of aliphatic imine (C=N–C) groups is 1. The lowest BCUT2D eigenvalue weighted by molar-refractivity contribution is 0.122. The number of rotatable bonds is 7. The van der Waals surface area contributed by atoms with Crippen molar-refractivity contribution in [3.8, 4) is 5.88 Å². The zero-order valence-electron chi connectivity index (χ0n) is 18.8. The molecule has 0 bridgehead atoms. The van der Waals surface area contributed by atoms with Crippen LogP contribution in [0.1, 0.15) is 62.5 Å². The number of hydrogen-bond acceptors (Lipinski definition) is 3. The van der Waals surface area contributed by atoms with Gasteiger partial charge in [-0.2, -0.15) is 8.78 Å². The van der Waals surface area contributed by atoms with E-state index in [4.69, 9.17) is 9.73 Å². The Bertz CT molecular complexity index is 1050. The maximum Gasteiger partial charge on any atom is 0.324 e. The summed E-state index contributed by atoms with van der Waals surface area (Å²) in [5.74, 6) is -0.0464. The first-order valence-electron chi connectivity index (χ1n) is 9.99. The van der Waals surface area contributed by atoms with E-state index in [-0.39, 0.29) is 5.56 Å². The number of ether oxygens (including phenoxy) is 1. The number of hydrogen-bond donors (Lipinski definition) is 1.